The van der Waals surface area contributed by atoms with Gasteiger partial charge in [-0.05, 0) is 79.2 Å². The molecule has 6 heteroatoms. The van der Waals surface area contributed by atoms with Gasteiger partial charge in [0, 0.05) is 28.4 Å². The fourth-order valence-corrected chi connectivity index (χ4v) is 4.49. The number of benzene rings is 2. The second-order valence-corrected chi connectivity index (χ2v) is 10.5. The number of hydrogen-bond acceptors (Lipinski definition) is 4. The summed E-state index contributed by atoms with van der Waals surface area (Å²) in [5.41, 5.74) is 2.87. The van der Waals surface area contributed by atoms with Gasteiger partial charge >= 0.3 is 0 Å². The Hall–Kier alpha value is -3.46. The van der Waals surface area contributed by atoms with Crippen LogP contribution in [-0.2, 0) is 6.54 Å². The minimum atomic E-state index is -0.513. The summed E-state index contributed by atoms with van der Waals surface area (Å²) in [6.07, 6.45) is 3.84. The molecular formula is C30H26ClFN2O2. The molecule has 2 aromatic carbocycles. The van der Waals surface area contributed by atoms with Gasteiger partial charge in [-0.25, -0.2) is 9.37 Å². The van der Waals surface area contributed by atoms with Crippen LogP contribution in [0, 0.1) is 23.1 Å². The molecule has 0 aliphatic carbocycles. The van der Waals surface area contributed by atoms with Crippen LogP contribution in [0.5, 0.6) is 0 Å². The Morgan fingerprint density at radius 3 is 2.50 bits per heavy atom. The third-order valence-corrected chi connectivity index (χ3v) is 6.96. The topological polar surface area (TPSA) is 46.3 Å². The lowest BCUT2D eigenvalue weighted by molar-refractivity contribution is 0.120. The van der Waals surface area contributed by atoms with Crippen LogP contribution < -0.4 is 5.43 Å². The summed E-state index contributed by atoms with van der Waals surface area (Å²) in [5.74, 6) is 5.85. The van der Waals surface area contributed by atoms with E-state index in [9.17, 15) is 9.18 Å². The highest BCUT2D eigenvalue weighted by molar-refractivity contribution is 6.30. The van der Waals surface area contributed by atoms with E-state index < -0.39 is 5.82 Å². The smallest absolute Gasteiger partial charge is 0.193 e. The summed E-state index contributed by atoms with van der Waals surface area (Å²) < 4.78 is 20.7. The molecule has 0 saturated carbocycles. The lowest BCUT2D eigenvalue weighted by Gasteiger charge is -2.36. The molecule has 1 saturated heterocycles. The largest absolute Gasteiger partial charge is 0.459 e. The summed E-state index contributed by atoms with van der Waals surface area (Å²) in [6.45, 7) is 7.20. The van der Waals surface area contributed by atoms with Crippen molar-refractivity contribution in [2.24, 2.45) is 5.41 Å². The molecule has 5 rings (SSSR count). The standard InChI is InChI=1S/C30H26ClFN2O2/c1-30(2)11-13-34(14-12-30)19-24-17-28(35)25-15-20(4-10-29(25)36-24)3-9-27-26(32)16-22(18-33-27)21-5-7-23(31)8-6-21/h4-8,10,15-18H,11-14,19H2,1-2H3. The van der Waals surface area contributed by atoms with Gasteiger partial charge in [-0.2, -0.15) is 0 Å². The van der Waals surface area contributed by atoms with Gasteiger partial charge in [0.25, 0.3) is 0 Å². The summed E-state index contributed by atoms with van der Waals surface area (Å²) in [4.78, 5) is 19.3. The molecule has 3 heterocycles. The van der Waals surface area contributed by atoms with E-state index in [1.807, 2.05) is 12.1 Å². The predicted molar refractivity (Wildman–Crippen MR) is 141 cm³/mol. The number of aromatic nitrogens is 1. The fraction of sp³-hybridized carbons (Fsp3) is 0.267. The normalized spacial score (nSPS) is 15.4. The first kappa shape index (κ1) is 24.2. The lowest BCUT2D eigenvalue weighted by atomic mass is 9.83. The van der Waals surface area contributed by atoms with E-state index in [2.05, 4.69) is 35.6 Å². The van der Waals surface area contributed by atoms with Crippen molar-refractivity contribution in [3.63, 3.8) is 0 Å². The first-order valence-corrected chi connectivity index (χ1v) is 12.4. The number of rotatable bonds is 3. The number of piperidine rings is 1. The molecule has 0 amide bonds. The Bertz CT molecular complexity index is 1540. The van der Waals surface area contributed by atoms with Crippen LogP contribution in [0.1, 0.15) is 43.7 Å². The zero-order chi connectivity index (χ0) is 25.3. The summed E-state index contributed by atoms with van der Waals surface area (Å²) >= 11 is 5.92. The fourth-order valence-electron chi connectivity index (χ4n) is 4.36. The predicted octanol–water partition coefficient (Wildman–Crippen LogP) is 6.67. The van der Waals surface area contributed by atoms with Crippen molar-refractivity contribution in [2.75, 3.05) is 13.1 Å². The van der Waals surface area contributed by atoms with Crippen molar-refractivity contribution in [2.45, 2.75) is 33.2 Å². The maximum absolute atomic E-state index is 14.7. The van der Waals surface area contributed by atoms with Crippen molar-refractivity contribution >= 4 is 22.6 Å². The molecule has 0 bridgehead atoms. The van der Waals surface area contributed by atoms with Crippen molar-refractivity contribution < 1.29 is 8.81 Å². The second-order valence-electron chi connectivity index (χ2n) is 10.0. The van der Waals surface area contributed by atoms with Gasteiger partial charge in [-0.1, -0.05) is 43.5 Å². The Morgan fingerprint density at radius 2 is 1.78 bits per heavy atom. The minimum Gasteiger partial charge on any atom is -0.459 e. The molecule has 0 atom stereocenters. The summed E-state index contributed by atoms with van der Waals surface area (Å²) in [5, 5.41) is 1.07. The van der Waals surface area contributed by atoms with Gasteiger partial charge in [-0.3, -0.25) is 9.69 Å². The highest BCUT2D eigenvalue weighted by atomic mass is 35.5. The zero-order valence-electron chi connectivity index (χ0n) is 20.3. The van der Waals surface area contributed by atoms with Crippen molar-refractivity contribution in [1.82, 2.24) is 9.88 Å². The van der Waals surface area contributed by atoms with E-state index in [-0.39, 0.29) is 11.1 Å². The van der Waals surface area contributed by atoms with Gasteiger partial charge in [-0.15, -0.1) is 0 Å². The van der Waals surface area contributed by atoms with Crippen LogP contribution in [0.4, 0.5) is 4.39 Å². The summed E-state index contributed by atoms with van der Waals surface area (Å²) in [7, 11) is 0. The molecule has 4 nitrogen and oxygen atoms in total. The quantitative estimate of drug-likeness (QED) is 0.295. The molecule has 0 N–H and O–H groups in total. The highest BCUT2D eigenvalue weighted by Crippen LogP contribution is 2.30. The van der Waals surface area contributed by atoms with E-state index >= 15 is 0 Å². The molecule has 1 aliphatic heterocycles. The van der Waals surface area contributed by atoms with Crippen molar-refractivity contribution in [3.8, 4) is 23.0 Å². The molecule has 36 heavy (non-hydrogen) atoms. The lowest BCUT2D eigenvalue weighted by Crippen LogP contribution is -2.36. The number of halogens is 2. The van der Waals surface area contributed by atoms with Crippen LogP contribution in [-0.4, -0.2) is 23.0 Å². The first-order valence-electron chi connectivity index (χ1n) is 12.0. The molecule has 182 valence electrons. The molecule has 2 aromatic heterocycles. The molecular weight excluding hydrogens is 475 g/mol. The molecule has 1 fully saturated rings. The van der Waals surface area contributed by atoms with E-state index in [4.69, 9.17) is 16.0 Å². The SMILES string of the molecule is CC1(C)CCN(Cc2cc(=O)c3cc(C#Cc4ncc(-c5ccc(Cl)cc5)cc4F)ccc3o2)CC1. The van der Waals surface area contributed by atoms with E-state index in [1.54, 1.807) is 42.6 Å². The van der Waals surface area contributed by atoms with Crippen LogP contribution in [0.3, 0.4) is 0 Å². The third kappa shape index (κ3) is 5.51. The van der Waals surface area contributed by atoms with Crippen LogP contribution in [0.2, 0.25) is 5.02 Å². The molecule has 0 radical (unpaired) electrons. The molecule has 4 aromatic rings. The molecule has 0 unspecified atom stereocenters. The van der Waals surface area contributed by atoms with Gasteiger partial charge in [0.05, 0.1) is 11.9 Å². The maximum atomic E-state index is 14.7. The van der Waals surface area contributed by atoms with Gasteiger partial charge in [0.1, 0.15) is 17.0 Å². The van der Waals surface area contributed by atoms with Crippen molar-refractivity contribution in [1.29, 1.82) is 0 Å². The maximum Gasteiger partial charge on any atom is 0.193 e. The number of nitrogens with zero attached hydrogens (tertiary/aromatic N) is 2. The van der Waals surface area contributed by atoms with Crippen molar-refractivity contribution in [3.05, 3.63) is 98.9 Å². The summed E-state index contributed by atoms with van der Waals surface area (Å²) in [6, 6.07) is 15.3. The Labute approximate surface area is 214 Å². The average molecular weight is 501 g/mol. The monoisotopic (exact) mass is 500 g/mol. The second kappa shape index (κ2) is 9.89. The first-order chi connectivity index (χ1) is 17.3. The highest BCUT2D eigenvalue weighted by Gasteiger charge is 2.25. The average Bonchev–Trinajstić information content (AvgIpc) is 2.85. The van der Waals surface area contributed by atoms with E-state index in [0.717, 1.165) is 31.5 Å². The van der Waals surface area contributed by atoms with Crippen LogP contribution in [0.25, 0.3) is 22.1 Å². The number of pyridine rings is 1. The third-order valence-electron chi connectivity index (χ3n) is 6.71. The Balaban J connectivity index is 1.34. The number of fused-ring (bicyclic) bond motifs is 1. The molecule has 0 spiro atoms. The van der Waals surface area contributed by atoms with E-state index in [1.165, 1.54) is 6.07 Å². The molecule has 1 aliphatic rings. The van der Waals surface area contributed by atoms with Gasteiger partial charge < -0.3 is 4.42 Å². The number of hydrogen-bond donors (Lipinski definition) is 0. The van der Waals surface area contributed by atoms with Crippen LogP contribution in [0.15, 0.2) is 70.0 Å². The zero-order valence-corrected chi connectivity index (χ0v) is 21.0. The van der Waals surface area contributed by atoms with Gasteiger partial charge in [0.2, 0.25) is 0 Å². The Morgan fingerprint density at radius 1 is 1.03 bits per heavy atom. The minimum absolute atomic E-state index is 0.0416. The van der Waals surface area contributed by atoms with Crippen LogP contribution >= 0.6 is 11.6 Å². The van der Waals surface area contributed by atoms with E-state index in [0.29, 0.717) is 44.8 Å². The Kier molecular flexibility index (Phi) is 6.66. The number of likely N-dealkylation sites (tertiary alicyclic amines) is 1. The van der Waals surface area contributed by atoms with Gasteiger partial charge in [0.15, 0.2) is 11.2 Å².